The summed E-state index contributed by atoms with van der Waals surface area (Å²) in [5, 5.41) is 2.86. The lowest BCUT2D eigenvalue weighted by atomic mass is 10.1. The summed E-state index contributed by atoms with van der Waals surface area (Å²) < 4.78 is 0. The van der Waals surface area contributed by atoms with Crippen molar-refractivity contribution in [3.05, 3.63) is 59.7 Å². The molecular formula is C18H19N3O2. The number of hydrogen-bond acceptors (Lipinski definition) is 2. The lowest BCUT2D eigenvalue weighted by Crippen LogP contribution is -2.29. The number of likely N-dealkylation sites (N-methyl/N-ethyl adjacent to an activating group) is 1. The van der Waals surface area contributed by atoms with Gasteiger partial charge in [0.1, 0.15) is 0 Å². The van der Waals surface area contributed by atoms with Crippen molar-refractivity contribution in [3.63, 3.8) is 0 Å². The van der Waals surface area contributed by atoms with E-state index in [0.717, 1.165) is 17.8 Å². The molecule has 0 radical (unpaired) electrons. The van der Waals surface area contributed by atoms with Gasteiger partial charge in [-0.1, -0.05) is 17.7 Å². The number of aryl methyl sites for hydroxylation is 1. The van der Waals surface area contributed by atoms with Crippen LogP contribution in [0.3, 0.4) is 0 Å². The van der Waals surface area contributed by atoms with Crippen LogP contribution in [0.15, 0.2) is 48.5 Å². The second kappa shape index (κ2) is 6.12. The molecule has 5 nitrogen and oxygen atoms in total. The standard InChI is InChI=1S/C18H19N3O2/c1-13-3-5-14(6-4-13)17(22)19-15-7-9-16(10-8-15)21-12-11-20(2)18(21)23/h3-10H,11-12H2,1-2H3,(H,19,22). The van der Waals surface area contributed by atoms with Crippen LogP contribution in [0.2, 0.25) is 0 Å². The van der Waals surface area contributed by atoms with Crippen LogP contribution < -0.4 is 10.2 Å². The Kier molecular flexibility index (Phi) is 4.02. The summed E-state index contributed by atoms with van der Waals surface area (Å²) in [5.74, 6) is -0.144. The van der Waals surface area contributed by atoms with Gasteiger partial charge in [-0.25, -0.2) is 4.79 Å². The second-order valence-corrected chi connectivity index (χ2v) is 5.72. The van der Waals surface area contributed by atoms with E-state index in [0.29, 0.717) is 17.8 Å². The SMILES string of the molecule is Cc1ccc(C(=O)Nc2ccc(N3CCN(C)C3=O)cc2)cc1. The molecule has 1 N–H and O–H groups in total. The topological polar surface area (TPSA) is 52.7 Å². The van der Waals surface area contributed by atoms with Crippen molar-refractivity contribution in [1.29, 1.82) is 0 Å². The van der Waals surface area contributed by atoms with Crippen LogP contribution in [0.1, 0.15) is 15.9 Å². The van der Waals surface area contributed by atoms with E-state index in [4.69, 9.17) is 0 Å². The van der Waals surface area contributed by atoms with Crippen molar-refractivity contribution < 1.29 is 9.59 Å². The molecule has 23 heavy (non-hydrogen) atoms. The van der Waals surface area contributed by atoms with Gasteiger partial charge in [-0.3, -0.25) is 9.69 Å². The number of nitrogens with zero attached hydrogens (tertiary/aromatic N) is 2. The van der Waals surface area contributed by atoms with Gasteiger partial charge >= 0.3 is 6.03 Å². The van der Waals surface area contributed by atoms with Gasteiger partial charge < -0.3 is 10.2 Å². The van der Waals surface area contributed by atoms with Crippen LogP contribution >= 0.6 is 0 Å². The van der Waals surface area contributed by atoms with Crippen LogP contribution in [0, 0.1) is 6.92 Å². The van der Waals surface area contributed by atoms with E-state index in [1.165, 1.54) is 0 Å². The van der Waals surface area contributed by atoms with Gasteiger partial charge in [0.25, 0.3) is 5.91 Å². The summed E-state index contributed by atoms with van der Waals surface area (Å²) in [6.45, 7) is 3.40. The Morgan fingerprint density at radius 2 is 1.65 bits per heavy atom. The largest absolute Gasteiger partial charge is 0.326 e. The predicted octanol–water partition coefficient (Wildman–Crippen LogP) is 3.12. The van der Waals surface area contributed by atoms with Crippen molar-refractivity contribution >= 4 is 23.3 Å². The van der Waals surface area contributed by atoms with Crippen LogP contribution in [0.5, 0.6) is 0 Å². The van der Waals surface area contributed by atoms with Gasteiger partial charge in [0.2, 0.25) is 0 Å². The Labute approximate surface area is 135 Å². The van der Waals surface area contributed by atoms with Gasteiger partial charge in [0, 0.05) is 37.1 Å². The quantitative estimate of drug-likeness (QED) is 0.947. The van der Waals surface area contributed by atoms with Crippen LogP contribution in [0.4, 0.5) is 16.2 Å². The Balaban J connectivity index is 1.69. The number of carbonyl (C=O) groups is 2. The molecule has 0 bridgehead atoms. The minimum Gasteiger partial charge on any atom is -0.326 e. The summed E-state index contributed by atoms with van der Waals surface area (Å²) in [5.41, 5.74) is 3.29. The first-order chi connectivity index (χ1) is 11.0. The van der Waals surface area contributed by atoms with E-state index in [-0.39, 0.29) is 11.9 Å². The number of anilines is 2. The molecule has 0 aromatic heterocycles. The summed E-state index contributed by atoms with van der Waals surface area (Å²) in [7, 11) is 1.79. The minimum absolute atomic E-state index is 0.00133. The monoisotopic (exact) mass is 309 g/mol. The number of amides is 3. The highest BCUT2D eigenvalue weighted by Crippen LogP contribution is 2.22. The Hall–Kier alpha value is -2.82. The Morgan fingerprint density at radius 1 is 1.00 bits per heavy atom. The van der Waals surface area contributed by atoms with Crippen molar-refractivity contribution in [3.8, 4) is 0 Å². The Bertz CT molecular complexity index is 723. The molecule has 0 unspecified atom stereocenters. The molecule has 3 rings (SSSR count). The molecule has 2 aromatic carbocycles. The number of nitrogens with one attached hydrogen (secondary N) is 1. The zero-order valence-electron chi connectivity index (χ0n) is 13.2. The van der Waals surface area contributed by atoms with Gasteiger partial charge in [0.05, 0.1) is 0 Å². The molecule has 0 spiro atoms. The molecular weight excluding hydrogens is 290 g/mol. The molecule has 1 heterocycles. The van der Waals surface area contributed by atoms with Gasteiger partial charge in [-0.05, 0) is 43.3 Å². The highest BCUT2D eigenvalue weighted by atomic mass is 16.2. The van der Waals surface area contributed by atoms with Crippen molar-refractivity contribution in [2.75, 3.05) is 30.4 Å². The third kappa shape index (κ3) is 3.18. The molecule has 0 aliphatic carbocycles. The van der Waals surface area contributed by atoms with E-state index in [2.05, 4.69) is 5.32 Å². The zero-order valence-corrected chi connectivity index (χ0v) is 13.2. The van der Waals surface area contributed by atoms with Crippen LogP contribution in [-0.2, 0) is 0 Å². The molecule has 2 aromatic rings. The average molecular weight is 309 g/mol. The maximum atomic E-state index is 12.2. The summed E-state index contributed by atoms with van der Waals surface area (Å²) in [6, 6.07) is 14.8. The fourth-order valence-corrected chi connectivity index (χ4v) is 2.52. The molecule has 5 heteroatoms. The van der Waals surface area contributed by atoms with E-state index < -0.39 is 0 Å². The third-order valence-corrected chi connectivity index (χ3v) is 3.97. The number of carbonyl (C=O) groups excluding carboxylic acids is 2. The normalized spacial score (nSPS) is 14.3. The second-order valence-electron chi connectivity index (χ2n) is 5.72. The lowest BCUT2D eigenvalue weighted by Gasteiger charge is -2.16. The Morgan fingerprint density at radius 3 is 2.22 bits per heavy atom. The van der Waals surface area contributed by atoms with E-state index >= 15 is 0 Å². The smallest absolute Gasteiger partial charge is 0.324 e. The number of benzene rings is 2. The number of hydrogen-bond donors (Lipinski definition) is 1. The molecule has 1 aliphatic rings. The van der Waals surface area contributed by atoms with Crippen LogP contribution in [-0.4, -0.2) is 37.0 Å². The lowest BCUT2D eigenvalue weighted by molar-refractivity contribution is 0.102. The maximum Gasteiger partial charge on any atom is 0.324 e. The molecule has 118 valence electrons. The van der Waals surface area contributed by atoms with Crippen molar-refractivity contribution in [2.24, 2.45) is 0 Å². The minimum atomic E-state index is -0.144. The highest BCUT2D eigenvalue weighted by molar-refractivity contribution is 6.04. The molecule has 1 saturated heterocycles. The fraction of sp³-hybridized carbons (Fsp3) is 0.222. The maximum absolute atomic E-state index is 12.2. The zero-order chi connectivity index (χ0) is 16.4. The molecule has 1 fully saturated rings. The van der Waals surface area contributed by atoms with Crippen LogP contribution in [0.25, 0.3) is 0 Å². The molecule has 1 aliphatic heterocycles. The van der Waals surface area contributed by atoms with E-state index in [9.17, 15) is 9.59 Å². The fourth-order valence-electron chi connectivity index (χ4n) is 2.52. The van der Waals surface area contributed by atoms with E-state index in [1.807, 2.05) is 43.3 Å². The number of urea groups is 1. The van der Waals surface area contributed by atoms with E-state index in [1.54, 1.807) is 29.0 Å². The van der Waals surface area contributed by atoms with Crippen molar-refractivity contribution in [1.82, 2.24) is 4.90 Å². The summed E-state index contributed by atoms with van der Waals surface area (Å²) in [4.78, 5) is 27.6. The number of rotatable bonds is 3. The summed E-state index contributed by atoms with van der Waals surface area (Å²) >= 11 is 0. The van der Waals surface area contributed by atoms with Crippen molar-refractivity contribution in [2.45, 2.75) is 6.92 Å². The molecule has 3 amide bonds. The molecule has 0 atom stereocenters. The first kappa shape index (κ1) is 15.1. The summed E-state index contributed by atoms with van der Waals surface area (Å²) in [6.07, 6.45) is 0. The third-order valence-electron chi connectivity index (χ3n) is 3.97. The van der Waals surface area contributed by atoms with Gasteiger partial charge in [0.15, 0.2) is 0 Å². The first-order valence-electron chi connectivity index (χ1n) is 7.55. The highest BCUT2D eigenvalue weighted by Gasteiger charge is 2.26. The first-order valence-corrected chi connectivity index (χ1v) is 7.55. The molecule has 0 saturated carbocycles. The average Bonchev–Trinajstić information content (AvgIpc) is 2.88. The van der Waals surface area contributed by atoms with Gasteiger partial charge in [-0.2, -0.15) is 0 Å². The van der Waals surface area contributed by atoms with Gasteiger partial charge in [-0.15, -0.1) is 0 Å². The predicted molar refractivity (Wildman–Crippen MR) is 90.9 cm³/mol.